The Labute approximate surface area is 256 Å². The molecule has 0 unspecified atom stereocenters. The maximum atomic E-state index is 11.5. The fourth-order valence-corrected chi connectivity index (χ4v) is 5.80. The van der Waals surface area contributed by atoms with Gasteiger partial charge in [-0.1, -0.05) is 61.3 Å². The van der Waals surface area contributed by atoms with Crippen LogP contribution in [0.15, 0.2) is 54.9 Å². The number of pyridine rings is 2. The Morgan fingerprint density at radius 2 is 1.86 bits per heavy atom. The number of methoxy groups -OCH3 is 1. The molecule has 3 aromatic heterocycles. The summed E-state index contributed by atoms with van der Waals surface area (Å²) in [6, 6.07) is 14.2. The summed E-state index contributed by atoms with van der Waals surface area (Å²) in [6.45, 7) is 8.29. The standard InChI is InChI=1S/C32H36Cl2N6O2/c1-19(2)37-18-27-20(3)13-15-40(27)31-30(34)24(12-14-36-31)23-6-5-7-25(29(23)33)26-10-8-21(32(39-26)42-4)16-35-17-22-9-11-28(41)38-22/h5-8,10,12-15,19,22,35,37H,9,11,16-18H2,1-4H3,(H,38,41)/t22-/m1/s1. The number of halogens is 2. The molecule has 1 saturated heterocycles. The number of hydrogen-bond acceptors (Lipinski definition) is 6. The smallest absolute Gasteiger partial charge is 0.220 e. The quantitative estimate of drug-likeness (QED) is 0.191. The highest BCUT2D eigenvalue weighted by molar-refractivity contribution is 6.38. The van der Waals surface area contributed by atoms with E-state index >= 15 is 0 Å². The predicted octanol–water partition coefficient (Wildman–Crippen LogP) is 6.09. The third-order valence-electron chi connectivity index (χ3n) is 7.48. The zero-order valence-corrected chi connectivity index (χ0v) is 25.8. The molecule has 1 atom stereocenters. The SMILES string of the molecule is COc1nc(-c2cccc(-c3ccnc(-n4ccc(C)c4CNC(C)C)c3Cl)c2Cl)ccc1CNC[C@H]1CCC(=O)N1. The van der Waals surface area contributed by atoms with Crippen molar-refractivity contribution in [2.24, 2.45) is 0 Å². The van der Waals surface area contributed by atoms with E-state index in [1.807, 2.05) is 47.2 Å². The van der Waals surface area contributed by atoms with Crippen LogP contribution in [0.2, 0.25) is 10.0 Å². The second-order valence-electron chi connectivity index (χ2n) is 10.8. The third-order valence-corrected chi connectivity index (χ3v) is 8.26. The Kier molecular flexibility index (Phi) is 9.48. The van der Waals surface area contributed by atoms with Gasteiger partial charge >= 0.3 is 0 Å². The molecule has 1 aromatic carbocycles. The highest BCUT2D eigenvalue weighted by Gasteiger charge is 2.21. The molecule has 10 heteroatoms. The summed E-state index contributed by atoms with van der Waals surface area (Å²) in [4.78, 5) is 20.9. The maximum Gasteiger partial charge on any atom is 0.220 e. The minimum absolute atomic E-state index is 0.109. The average molecular weight is 608 g/mol. The molecule has 5 rings (SSSR count). The summed E-state index contributed by atoms with van der Waals surface area (Å²) < 4.78 is 7.67. The van der Waals surface area contributed by atoms with E-state index in [2.05, 4.69) is 47.8 Å². The van der Waals surface area contributed by atoms with Crippen LogP contribution in [0.5, 0.6) is 5.88 Å². The summed E-state index contributed by atoms with van der Waals surface area (Å²) in [6.07, 6.45) is 5.19. The molecular weight excluding hydrogens is 571 g/mol. The molecule has 42 heavy (non-hydrogen) atoms. The van der Waals surface area contributed by atoms with Crippen molar-refractivity contribution in [2.75, 3.05) is 13.7 Å². The lowest BCUT2D eigenvalue weighted by molar-refractivity contribution is -0.119. The Bertz CT molecular complexity index is 1590. The topological polar surface area (TPSA) is 93.1 Å². The van der Waals surface area contributed by atoms with Crippen molar-refractivity contribution in [1.82, 2.24) is 30.5 Å². The molecular formula is C32H36Cl2N6O2. The Balaban J connectivity index is 1.42. The monoisotopic (exact) mass is 606 g/mol. The molecule has 1 aliphatic rings. The third kappa shape index (κ3) is 6.47. The van der Waals surface area contributed by atoms with E-state index in [1.165, 1.54) is 0 Å². The molecule has 0 bridgehead atoms. The van der Waals surface area contributed by atoms with Gasteiger partial charge in [0.05, 0.1) is 22.8 Å². The molecule has 3 N–H and O–H groups in total. The number of nitrogens with one attached hydrogen (secondary N) is 3. The molecule has 0 saturated carbocycles. The van der Waals surface area contributed by atoms with E-state index in [4.69, 9.17) is 32.9 Å². The second-order valence-corrected chi connectivity index (χ2v) is 11.6. The number of aryl methyl sites for hydroxylation is 1. The predicted molar refractivity (Wildman–Crippen MR) is 168 cm³/mol. The van der Waals surface area contributed by atoms with Gasteiger partial charge in [-0.3, -0.25) is 4.79 Å². The van der Waals surface area contributed by atoms with Gasteiger partial charge in [0.2, 0.25) is 11.8 Å². The van der Waals surface area contributed by atoms with E-state index in [-0.39, 0.29) is 11.9 Å². The number of carbonyl (C=O) groups is 1. The van der Waals surface area contributed by atoms with Crippen LogP contribution < -0.4 is 20.7 Å². The van der Waals surface area contributed by atoms with Crippen LogP contribution in [0.25, 0.3) is 28.2 Å². The first kappa shape index (κ1) is 30.0. The molecule has 4 aromatic rings. The summed E-state index contributed by atoms with van der Waals surface area (Å²) >= 11 is 14.1. The molecule has 1 fully saturated rings. The highest BCUT2D eigenvalue weighted by Crippen LogP contribution is 2.40. The van der Waals surface area contributed by atoms with Gasteiger partial charge in [0.15, 0.2) is 5.82 Å². The molecule has 220 valence electrons. The van der Waals surface area contributed by atoms with E-state index < -0.39 is 0 Å². The lowest BCUT2D eigenvalue weighted by Gasteiger charge is -2.17. The Morgan fingerprint density at radius 3 is 2.60 bits per heavy atom. The van der Waals surface area contributed by atoms with Crippen LogP contribution in [-0.4, -0.2) is 46.2 Å². The summed E-state index contributed by atoms with van der Waals surface area (Å²) in [5, 5.41) is 10.9. The first-order chi connectivity index (χ1) is 20.3. The van der Waals surface area contributed by atoms with Gasteiger partial charge in [-0.2, -0.15) is 0 Å². The van der Waals surface area contributed by atoms with Crippen LogP contribution >= 0.6 is 23.2 Å². The van der Waals surface area contributed by atoms with Crippen molar-refractivity contribution in [3.63, 3.8) is 0 Å². The molecule has 0 aliphatic carbocycles. The van der Waals surface area contributed by atoms with Crippen LogP contribution in [0, 0.1) is 6.92 Å². The van der Waals surface area contributed by atoms with Gasteiger partial charge in [-0.05, 0) is 37.1 Å². The molecule has 8 nitrogen and oxygen atoms in total. The van der Waals surface area contributed by atoms with Crippen molar-refractivity contribution in [3.05, 3.63) is 81.7 Å². The number of amides is 1. The van der Waals surface area contributed by atoms with Gasteiger partial charge in [0.1, 0.15) is 0 Å². The van der Waals surface area contributed by atoms with Crippen LogP contribution in [0.1, 0.15) is 43.5 Å². The summed E-state index contributed by atoms with van der Waals surface area (Å²) in [7, 11) is 1.61. The average Bonchev–Trinajstić information content (AvgIpc) is 3.56. The fraction of sp³-hybridized carbons (Fsp3) is 0.344. The molecule has 1 amide bonds. The van der Waals surface area contributed by atoms with E-state index in [9.17, 15) is 4.79 Å². The fourth-order valence-electron chi connectivity index (χ4n) is 5.17. The summed E-state index contributed by atoms with van der Waals surface area (Å²) in [5.74, 6) is 1.28. The van der Waals surface area contributed by atoms with Crippen LogP contribution in [0.3, 0.4) is 0 Å². The molecule has 4 heterocycles. The zero-order chi connectivity index (χ0) is 29.8. The van der Waals surface area contributed by atoms with Gasteiger partial charge in [-0.15, -0.1) is 0 Å². The van der Waals surface area contributed by atoms with E-state index in [1.54, 1.807) is 13.3 Å². The molecule has 0 spiro atoms. The van der Waals surface area contributed by atoms with E-state index in [0.717, 1.165) is 39.9 Å². The van der Waals surface area contributed by atoms with Crippen LogP contribution in [0.4, 0.5) is 0 Å². The van der Waals surface area contributed by atoms with Crippen molar-refractivity contribution in [1.29, 1.82) is 0 Å². The van der Waals surface area contributed by atoms with Gasteiger partial charge < -0.3 is 25.3 Å². The maximum absolute atomic E-state index is 11.5. The molecule has 1 aliphatic heterocycles. The van der Waals surface area contributed by atoms with Gasteiger partial charge in [0, 0.05) is 78.5 Å². The number of hydrogen-bond donors (Lipinski definition) is 3. The van der Waals surface area contributed by atoms with Crippen LogP contribution in [-0.2, 0) is 17.9 Å². The Morgan fingerprint density at radius 1 is 1.07 bits per heavy atom. The first-order valence-electron chi connectivity index (χ1n) is 14.1. The lowest BCUT2D eigenvalue weighted by Crippen LogP contribution is -2.35. The van der Waals surface area contributed by atoms with Crippen molar-refractivity contribution in [3.8, 4) is 34.1 Å². The Hall–Kier alpha value is -3.43. The largest absolute Gasteiger partial charge is 0.481 e. The van der Waals surface area contributed by atoms with Crippen molar-refractivity contribution < 1.29 is 9.53 Å². The number of carbonyl (C=O) groups excluding carboxylic acids is 1. The lowest BCUT2D eigenvalue weighted by atomic mass is 10.0. The van der Waals surface area contributed by atoms with E-state index in [0.29, 0.717) is 59.5 Å². The normalized spacial score (nSPS) is 14.9. The number of rotatable bonds is 11. The number of aromatic nitrogens is 3. The minimum Gasteiger partial charge on any atom is -0.481 e. The zero-order valence-electron chi connectivity index (χ0n) is 24.3. The second kappa shape index (κ2) is 13.3. The van der Waals surface area contributed by atoms with Crippen molar-refractivity contribution in [2.45, 2.75) is 58.8 Å². The van der Waals surface area contributed by atoms with Gasteiger partial charge in [-0.25, -0.2) is 9.97 Å². The first-order valence-corrected chi connectivity index (χ1v) is 14.9. The highest BCUT2D eigenvalue weighted by atomic mass is 35.5. The number of ether oxygens (including phenoxy) is 1. The van der Waals surface area contributed by atoms with Gasteiger partial charge in [0.25, 0.3) is 0 Å². The number of benzene rings is 1. The summed E-state index contributed by atoms with van der Waals surface area (Å²) in [5.41, 5.74) is 6.23. The van der Waals surface area contributed by atoms with Crippen molar-refractivity contribution >= 4 is 29.1 Å². The number of nitrogens with zero attached hydrogens (tertiary/aromatic N) is 3. The molecule has 0 radical (unpaired) electrons. The minimum atomic E-state index is 0.109.